The summed E-state index contributed by atoms with van der Waals surface area (Å²) in [5.74, 6) is -0.126. The predicted molar refractivity (Wildman–Crippen MR) is 43.1 cm³/mol. The van der Waals surface area contributed by atoms with Crippen molar-refractivity contribution in [1.82, 2.24) is 4.90 Å². The van der Waals surface area contributed by atoms with Crippen LogP contribution < -0.4 is 0 Å². The summed E-state index contributed by atoms with van der Waals surface area (Å²) < 4.78 is 0. The van der Waals surface area contributed by atoms with Crippen molar-refractivity contribution in [3.8, 4) is 0 Å². The van der Waals surface area contributed by atoms with Crippen LogP contribution in [0.3, 0.4) is 0 Å². The first-order valence-electron chi connectivity index (χ1n) is 3.57. The topological polar surface area (TPSA) is 37.4 Å². The lowest BCUT2D eigenvalue weighted by Crippen LogP contribution is -2.26. The molecule has 0 atom stereocenters. The monoisotopic (exact) mass is 155 g/mol. The normalized spacial score (nSPS) is 10.0. The first-order valence-corrected chi connectivity index (χ1v) is 3.57. The van der Waals surface area contributed by atoms with E-state index in [1.807, 2.05) is 6.92 Å². The van der Waals surface area contributed by atoms with Crippen LogP contribution in [0.2, 0.25) is 0 Å². The van der Waals surface area contributed by atoms with E-state index in [2.05, 4.69) is 0 Å². The van der Waals surface area contributed by atoms with Crippen LogP contribution in [-0.4, -0.2) is 30.7 Å². The first kappa shape index (κ1) is 9.88. The van der Waals surface area contributed by atoms with Crippen LogP contribution in [0.4, 0.5) is 0 Å². The fraction of sp³-hybridized carbons (Fsp3) is 0.500. The molecule has 0 bridgehead atoms. The van der Waals surface area contributed by atoms with Gasteiger partial charge in [0.1, 0.15) is 6.29 Å². The number of carbonyl (C=O) groups excluding carboxylic acids is 2. The summed E-state index contributed by atoms with van der Waals surface area (Å²) in [6, 6.07) is 0. The smallest absolute Gasteiger partial charge is 0.246 e. The van der Waals surface area contributed by atoms with Gasteiger partial charge in [-0.25, -0.2) is 0 Å². The van der Waals surface area contributed by atoms with Crippen molar-refractivity contribution in [2.24, 2.45) is 0 Å². The molecule has 0 unspecified atom stereocenters. The SMILES string of the molecule is CC/C=C/C(=O)N(C)CC=O. The molecule has 0 aliphatic rings. The molecule has 0 fully saturated rings. The lowest BCUT2D eigenvalue weighted by molar-refractivity contribution is -0.127. The summed E-state index contributed by atoms with van der Waals surface area (Å²) in [6.45, 7) is 2.11. The number of aldehydes is 1. The summed E-state index contributed by atoms with van der Waals surface area (Å²) in [5, 5.41) is 0. The van der Waals surface area contributed by atoms with E-state index in [-0.39, 0.29) is 12.5 Å². The van der Waals surface area contributed by atoms with Crippen molar-refractivity contribution in [1.29, 1.82) is 0 Å². The molecule has 0 aromatic heterocycles. The van der Waals surface area contributed by atoms with E-state index in [1.54, 1.807) is 13.1 Å². The van der Waals surface area contributed by atoms with Gasteiger partial charge in [-0.1, -0.05) is 13.0 Å². The second-order valence-corrected chi connectivity index (χ2v) is 2.20. The molecule has 3 nitrogen and oxygen atoms in total. The minimum Gasteiger partial charge on any atom is -0.335 e. The van der Waals surface area contributed by atoms with Crippen LogP contribution in [0, 0.1) is 0 Å². The number of hydrogen-bond acceptors (Lipinski definition) is 2. The molecule has 62 valence electrons. The summed E-state index contributed by atoms with van der Waals surface area (Å²) in [7, 11) is 1.59. The number of rotatable bonds is 4. The van der Waals surface area contributed by atoms with E-state index < -0.39 is 0 Å². The molecule has 11 heavy (non-hydrogen) atoms. The van der Waals surface area contributed by atoms with Crippen LogP contribution in [-0.2, 0) is 9.59 Å². The Morgan fingerprint density at radius 1 is 1.55 bits per heavy atom. The van der Waals surface area contributed by atoms with Gasteiger partial charge in [-0.3, -0.25) is 4.79 Å². The zero-order valence-electron chi connectivity index (χ0n) is 6.91. The predicted octanol–water partition coefficient (Wildman–Crippen LogP) is 0.610. The molecule has 0 heterocycles. The number of hydrogen-bond donors (Lipinski definition) is 0. The van der Waals surface area contributed by atoms with Crippen molar-refractivity contribution in [3.05, 3.63) is 12.2 Å². The molecule has 0 aliphatic heterocycles. The summed E-state index contributed by atoms with van der Waals surface area (Å²) >= 11 is 0. The highest BCUT2D eigenvalue weighted by molar-refractivity contribution is 5.88. The molecule has 0 saturated carbocycles. The van der Waals surface area contributed by atoms with Gasteiger partial charge >= 0.3 is 0 Å². The van der Waals surface area contributed by atoms with Crippen LogP contribution in [0.15, 0.2) is 12.2 Å². The Morgan fingerprint density at radius 2 is 2.18 bits per heavy atom. The standard InChI is InChI=1S/C8H13NO2/c1-3-4-5-8(11)9(2)6-7-10/h4-5,7H,3,6H2,1-2H3/b5-4+. The molecule has 1 amide bonds. The highest BCUT2D eigenvalue weighted by Crippen LogP contribution is 1.86. The Kier molecular flexibility index (Phi) is 5.07. The summed E-state index contributed by atoms with van der Waals surface area (Å²) in [4.78, 5) is 22.3. The average Bonchev–Trinajstić information content (AvgIpc) is 2.00. The quantitative estimate of drug-likeness (QED) is 0.440. The molecule has 0 spiro atoms. The molecule has 0 aromatic rings. The van der Waals surface area contributed by atoms with Crippen molar-refractivity contribution in [3.63, 3.8) is 0 Å². The van der Waals surface area contributed by atoms with Gasteiger partial charge in [0.15, 0.2) is 0 Å². The molecule has 0 saturated heterocycles. The third-order valence-electron chi connectivity index (χ3n) is 1.22. The minimum absolute atomic E-state index is 0.126. The number of carbonyl (C=O) groups is 2. The zero-order chi connectivity index (χ0) is 8.69. The molecule has 0 rings (SSSR count). The number of amides is 1. The number of likely N-dealkylation sites (N-methyl/N-ethyl adjacent to an activating group) is 1. The van der Waals surface area contributed by atoms with Gasteiger partial charge < -0.3 is 9.69 Å². The van der Waals surface area contributed by atoms with Crippen molar-refractivity contribution in [2.45, 2.75) is 13.3 Å². The average molecular weight is 155 g/mol. The Hall–Kier alpha value is -1.12. The molecule has 0 radical (unpaired) electrons. The zero-order valence-corrected chi connectivity index (χ0v) is 6.91. The highest BCUT2D eigenvalue weighted by atomic mass is 16.2. The Morgan fingerprint density at radius 3 is 2.64 bits per heavy atom. The number of nitrogens with zero attached hydrogens (tertiary/aromatic N) is 1. The first-order chi connectivity index (χ1) is 5.22. The van der Waals surface area contributed by atoms with E-state index in [0.717, 1.165) is 6.42 Å². The summed E-state index contributed by atoms with van der Waals surface area (Å²) in [6.07, 6.45) is 4.78. The largest absolute Gasteiger partial charge is 0.335 e. The summed E-state index contributed by atoms with van der Waals surface area (Å²) in [5.41, 5.74) is 0. The molecule has 3 heteroatoms. The van der Waals surface area contributed by atoms with Crippen molar-refractivity contribution < 1.29 is 9.59 Å². The maximum absolute atomic E-state index is 11.0. The van der Waals surface area contributed by atoms with E-state index in [4.69, 9.17) is 0 Å². The maximum Gasteiger partial charge on any atom is 0.246 e. The molecule has 0 aliphatic carbocycles. The van der Waals surface area contributed by atoms with Gasteiger partial charge in [0.25, 0.3) is 0 Å². The molecule has 0 aromatic carbocycles. The third kappa shape index (κ3) is 4.31. The second kappa shape index (κ2) is 5.65. The van der Waals surface area contributed by atoms with Gasteiger partial charge in [0.2, 0.25) is 5.91 Å². The lowest BCUT2D eigenvalue weighted by Gasteiger charge is -2.09. The Balaban J connectivity index is 3.81. The van der Waals surface area contributed by atoms with Crippen LogP contribution >= 0.6 is 0 Å². The Labute approximate surface area is 66.7 Å². The van der Waals surface area contributed by atoms with E-state index >= 15 is 0 Å². The molecule has 0 N–H and O–H groups in total. The maximum atomic E-state index is 11.0. The molecular weight excluding hydrogens is 142 g/mol. The second-order valence-electron chi connectivity index (χ2n) is 2.20. The van der Waals surface area contributed by atoms with Gasteiger partial charge in [0, 0.05) is 7.05 Å². The highest BCUT2D eigenvalue weighted by Gasteiger charge is 2.01. The third-order valence-corrected chi connectivity index (χ3v) is 1.22. The van der Waals surface area contributed by atoms with Crippen LogP contribution in [0.1, 0.15) is 13.3 Å². The van der Waals surface area contributed by atoms with Crippen LogP contribution in [0.5, 0.6) is 0 Å². The van der Waals surface area contributed by atoms with E-state index in [9.17, 15) is 9.59 Å². The van der Waals surface area contributed by atoms with Gasteiger partial charge in [-0.15, -0.1) is 0 Å². The van der Waals surface area contributed by atoms with Crippen molar-refractivity contribution in [2.75, 3.05) is 13.6 Å². The lowest BCUT2D eigenvalue weighted by atomic mass is 10.4. The van der Waals surface area contributed by atoms with Gasteiger partial charge in [-0.05, 0) is 12.5 Å². The minimum atomic E-state index is -0.126. The molecular formula is C8H13NO2. The van der Waals surface area contributed by atoms with Crippen LogP contribution in [0.25, 0.3) is 0 Å². The van der Waals surface area contributed by atoms with E-state index in [0.29, 0.717) is 6.29 Å². The van der Waals surface area contributed by atoms with Gasteiger partial charge in [0.05, 0.1) is 6.54 Å². The fourth-order valence-corrected chi connectivity index (χ4v) is 0.548. The van der Waals surface area contributed by atoms with E-state index in [1.165, 1.54) is 11.0 Å². The Bertz CT molecular complexity index is 163. The van der Waals surface area contributed by atoms with Gasteiger partial charge in [-0.2, -0.15) is 0 Å². The number of allylic oxidation sites excluding steroid dienone is 1. The fourth-order valence-electron chi connectivity index (χ4n) is 0.548. The van der Waals surface area contributed by atoms with Crippen molar-refractivity contribution >= 4 is 12.2 Å².